The van der Waals surface area contributed by atoms with E-state index in [0.717, 1.165) is 6.42 Å². The van der Waals surface area contributed by atoms with Crippen molar-refractivity contribution in [3.8, 4) is 0 Å². The summed E-state index contributed by atoms with van der Waals surface area (Å²) in [6, 6.07) is 0. The molecule has 17 heavy (non-hydrogen) atoms. The number of allylic oxidation sites excluding steroid dienone is 2. The Kier molecular flexibility index (Phi) is 3.24. The third-order valence-corrected chi connectivity index (χ3v) is 3.50. The highest BCUT2D eigenvalue weighted by Crippen LogP contribution is 2.48. The maximum atomic E-state index is 11.8. The second-order valence-electron chi connectivity index (χ2n) is 4.46. The SMILES string of the molecule is C=C(Cl)COC(=O)[C@@H]1[C@@H](C(=O)O)[C@H]2C=C[C@@H]1C2. The van der Waals surface area contributed by atoms with Crippen LogP contribution in [0.5, 0.6) is 0 Å². The zero-order valence-electron chi connectivity index (χ0n) is 9.14. The number of halogens is 1. The second-order valence-corrected chi connectivity index (χ2v) is 5.00. The van der Waals surface area contributed by atoms with Gasteiger partial charge in [-0.3, -0.25) is 9.59 Å². The van der Waals surface area contributed by atoms with Gasteiger partial charge in [0.15, 0.2) is 0 Å². The Morgan fingerprint density at radius 3 is 2.47 bits per heavy atom. The van der Waals surface area contributed by atoms with Crippen molar-refractivity contribution in [2.45, 2.75) is 6.42 Å². The van der Waals surface area contributed by atoms with Crippen molar-refractivity contribution in [3.05, 3.63) is 23.8 Å². The number of carboxylic acids is 1. The minimum absolute atomic E-state index is 0.0165. The van der Waals surface area contributed by atoms with Crippen molar-refractivity contribution >= 4 is 23.5 Å². The fraction of sp³-hybridized carbons (Fsp3) is 0.500. The lowest BCUT2D eigenvalue weighted by Gasteiger charge is -2.22. The Morgan fingerprint density at radius 1 is 1.35 bits per heavy atom. The lowest BCUT2D eigenvalue weighted by Crippen LogP contribution is -2.34. The molecule has 0 unspecified atom stereocenters. The molecule has 0 radical (unpaired) electrons. The summed E-state index contributed by atoms with van der Waals surface area (Å²) in [7, 11) is 0. The van der Waals surface area contributed by atoms with E-state index in [1.807, 2.05) is 12.2 Å². The Morgan fingerprint density at radius 2 is 1.94 bits per heavy atom. The van der Waals surface area contributed by atoms with Crippen LogP contribution in [0.25, 0.3) is 0 Å². The van der Waals surface area contributed by atoms with Gasteiger partial charge in [-0.05, 0) is 18.3 Å². The molecule has 0 saturated heterocycles. The molecule has 0 aromatic carbocycles. The van der Waals surface area contributed by atoms with Gasteiger partial charge < -0.3 is 9.84 Å². The number of carboxylic acid groups (broad SMARTS) is 1. The van der Waals surface area contributed by atoms with Crippen molar-refractivity contribution in [1.29, 1.82) is 0 Å². The summed E-state index contributed by atoms with van der Waals surface area (Å²) >= 11 is 5.50. The lowest BCUT2D eigenvalue weighted by molar-refractivity contribution is -0.157. The summed E-state index contributed by atoms with van der Waals surface area (Å²) in [5.74, 6) is -2.74. The van der Waals surface area contributed by atoms with Gasteiger partial charge in [-0.15, -0.1) is 0 Å². The number of hydrogen-bond acceptors (Lipinski definition) is 3. The van der Waals surface area contributed by atoms with Crippen LogP contribution >= 0.6 is 11.6 Å². The number of carbonyl (C=O) groups excluding carboxylic acids is 1. The summed E-state index contributed by atoms with van der Waals surface area (Å²) in [5.41, 5.74) is 0. The maximum Gasteiger partial charge on any atom is 0.310 e. The highest BCUT2D eigenvalue weighted by molar-refractivity contribution is 6.29. The van der Waals surface area contributed by atoms with E-state index in [9.17, 15) is 9.59 Å². The number of carbonyl (C=O) groups is 2. The summed E-state index contributed by atoms with van der Waals surface area (Å²) < 4.78 is 4.95. The summed E-state index contributed by atoms with van der Waals surface area (Å²) in [4.78, 5) is 23.0. The number of aliphatic carboxylic acids is 1. The Bertz CT molecular complexity index is 401. The standard InChI is InChI=1S/C12H13ClO4/c1-6(13)5-17-12(16)10-8-3-2-7(4-8)9(10)11(14)15/h2-3,7-10H,1,4-5H2,(H,14,15)/t7-,8+,9-,10-/m0/s1. The third-order valence-electron chi connectivity index (χ3n) is 3.39. The van der Waals surface area contributed by atoms with Crippen LogP contribution in [0.4, 0.5) is 0 Å². The van der Waals surface area contributed by atoms with Crippen LogP contribution in [0, 0.1) is 23.7 Å². The molecule has 2 bridgehead atoms. The van der Waals surface area contributed by atoms with Gasteiger partial charge in [-0.1, -0.05) is 30.3 Å². The van der Waals surface area contributed by atoms with E-state index in [1.165, 1.54) is 0 Å². The first-order valence-electron chi connectivity index (χ1n) is 5.41. The van der Waals surface area contributed by atoms with Gasteiger partial charge in [-0.25, -0.2) is 0 Å². The van der Waals surface area contributed by atoms with Crippen molar-refractivity contribution in [2.24, 2.45) is 23.7 Å². The van der Waals surface area contributed by atoms with Crippen molar-refractivity contribution in [3.63, 3.8) is 0 Å². The zero-order chi connectivity index (χ0) is 12.6. The van der Waals surface area contributed by atoms with Crippen molar-refractivity contribution in [1.82, 2.24) is 0 Å². The predicted molar refractivity (Wildman–Crippen MR) is 61.3 cm³/mol. The van der Waals surface area contributed by atoms with E-state index in [2.05, 4.69) is 6.58 Å². The van der Waals surface area contributed by atoms with Gasteiger partial charge in [0.2, 0.25) is 0 Å². The molecule has 0 aromatic heterocycles. The molecule has 4 atom stereocenters. The monoisotopic (exact) mass is 256 g/mol. The maximum absolute atomic E-state index is 11.8. The normalized spacial score (nSPS) is 33.7. The number of fused-ring (bicyclic) bond motifs is 2. The van der Waals surface area contributed by atoms with Gasteiger partial charge >= 0.3 is 11.9 Å². The van der Waals surface area contributed by atoms with Crippen LogP contribution in [0.15, 0.2) is 23.8 Å². The van der Waals surface area contributed by atoms with Gasteiger partial charge in [0.25, 0.3) is 0 Å². The lowest BCUT2D eigenvalue weighted by atomic mass is 9.83. The number of ether oxygens (including phenoxy) is 1. The Labute approximate surface area is 104 Å². The average Bonchev–Trinajstić information content (AvgIpc) is 2.84. The van der Waals surface area contributed by atoms with Crippen LogP contribution in [-0.4, -0.2) is 23.7 Å². The summed E-state index contributed by atoms with van der Waals surface area (Å²) in [5, 5.41) is 9.37. The Balaban J connectivity index is 2.08. The largest absolute Gasteiger partial charge is 0.481 e. The van der Waals surface area contributed by atoms with Gasteiger partial charge in [0.1, 0.15) is 6.61 Å². The topological polar surface area (TPSA) is 63.6 Å². The molecule has 5 heteroatoms. The molecule has 92 valence electrons. The van der Waals surface area contributed by atoms with Gasteiger partial charge in [0.05, 0.1) is 11.8 Å². The molecule has 0 aromatic rings. The summed E-state index contributed by atoms with van der Waals surface area (Å²) in [6.07, 6.45) is 4.51. The molecule has 4 nitrogen and oxygen atoms in total. The van der Waals surface area contributed by atoms with E-state index in [1.54, 1.807) is 0 Å². The third kappa shape index (κ3) is 2.22. The average molecular weight is 257 g/mol. The first kappa shape index (κ1) is 12.2. The second kappa shape index (κ2) is 4.53. The molecule has 2 aliphatic rings. The number of rotatable bonds is 4. The summed E-state index contributed by atoms with van der Waals surface area (Å²) in [6.45, 7) is 3.35. The first-order chi connectivity index (χ1) is 8.00. The molecular weight excluding hydrogens is 244 g/mol. The van der Waals surface area contributed by atoms with E-state index < -0.39 is 23.8 Å². The van der Waals surface area contributed by atoms with E-state index in [0.29, 0.717) is 0 Å². The van der Waals surface area contributed by atoms with E-state index in [4.69, 9.17) is 21.4 Å². The molecule has 0 aliphatic heterocycles. The fourth-order valence-electron chi connectivity index (χ4n) is 2.73. The van der Waals surface area contributed by atoms with Crippen LogP contribution in [0.3, 0.4) is 0 Å². The van der Waals surface area contributed by atoms with Crippen molar-refractivity contribution in [2.75, 3.05) is 6.61 Å². The van der Waals surface area contributed by atoms with Gasteiger partial charge in [-0.2, -0.15) is 0 Å². The molecule has 1 N–H and O–H groups in total. The molecule has 2 rings (SSSR count). The minimum atomic E-state index is -0.937. The van der Waals surface area contributed by atoms with Crippen LogP contribution in [0.2, 0.25) is 0 Å². The number of esters is 1. The smallest absolute Gasteiger partial charge is 0.310 e. The van der Waals surface area contributed by atoms with Crippen LogP contribution < -0.4 is 0 Å². The highest BCUT2D eigenvalue weighted by atomic mass is 35.5. The van der Waals surface area contributed by atoms with Crippen LogP contribution in [0.1, 0.15) is 6.42 Å². The van der Waals surface area contributed by atoms with Crippen LogP contribution in [-0.2, 0) is 14.3 Å². The molecule has 0 spiro atoms. The van der Waals surface area contributed by atoms with E-state index >= 15 is 0 Å². The molecule has 1 saturated carbocycles. The molecule has 2 aliphatic carbocycles. The quantitative estimate of drug-likeness (QED) is 0.615. The molecule has 0 amide bonds. The molecule has 1 fully saturated rings. The van der Waals surface area contributed by atoms with Crippen molar-refractivity contribution < 1.29 is 19.4 Å². The minimum Gasteiger partial charge on any atom is -0.481 e. The highest BCUT2D eigenvalue weighted by Gasteiger charge is 2.52. The van der Waals surface area contributed by atoms with E-state index in [-0.39, 0.29) is 23.5 Å². The number of hydrogen-bond donors (Lipinski definition) is 1. The van der Waals surface area contributed by atoms with Gasteiger partial charge in [0, 0.05) is 5.03 Å². The predicted octanol–water partition coefficient (Wildman–Crippen LogP) is 1.80. The molecular formula is C12H13ClO4. The first-order valence-corrected chi connectivity index (χ1v) is 5.79. The zero-order valence-corrected chi connectivity index (χ0v) is 9.89. The fourth-order valence-corrected chi connectivity index (χ4v) is 2.78. The Hall–Kier alpha value is -1.29. The molecule has 0 heterocycles.